The van der Waals surface area contributed by atoms with Crippen molar-refractivity contribution in [3.63, 3.8) is 0 Å². The molecule has 1 aromatic carbocycles. The number of hydrogen-bond donors (Lipinski definition) is 0. The standard InChI is InChI=1S/C12H18N2O3/c1-4-17-8-7-13(3)11-6-5-10(2)9-12(11)14(15)16/h5-6,9H,4,7-8H2,1-3H3. The van der Waals surface area contributed by atoms with Gasteiger partial charge in [-0.1, -0.05) is 6.07 Å². The molecule has 0 aliphatic carbocycles. The van der Waals surface area contributed by atoms with Crippen LogP contribution in [0.1, 0.15) is 12.5 Å². The van der Waals surface area contributed by atoms with Crippen molar-refractivity contribution in [3.8, 4) is 0 Å². The predicted octanol–water partition coefficient (Wildman–Crippen LogP) is 2.38. The highest BCUT2D eigenvalue weighted by Crippen LogP contribution is 2.27. The number of ether oxygens (including phenoxy) is 1. The number of benzene rings is 1. The van der Waals surface area contributed by atoms with Crippen molar-refractivity contribution in [2.45, 2.75) is 13.8 Å². The quantitative estimate of drug-likeness (QED) is 0.434. The number of hydrogen-bond acceptors (Lipinski definition) is 4. The van der Waals surface area contributed by atoms with Gasteiger partial charge < -0.3 is 9.64 Å². The summed E-state index contributed by atoms with van der Waals surface area (Å²) >= 11 is 0. The Bertz CT molecular complexity index is 393. The van der Waals surface area contributed by atoms with E-state index in [1.807, 2.05) is 31.9 Å². The third-order valence-electron chi connectivity index (χ3n) is 2.51. The molecule has 0 heterocycles. The Kier molecular flexibility index (Phi) is 4.90. The Hall–Kier alpha value is -1.62. The molecule has 0 bridgehead atoms. The average Bonchev–Trinajstić information content (AvgIpc) is 2.29. The average molecular weight is 238 g/mol. The lowest BCUT2D eigenvalue weighted by Crippen LogP contribution is -2.23. The smallest absolute Gasteiger partial charge is 0.292 e. The van der Waals surface area contributed by atoms with E-state index in [1.54, 1.807) is 12.1 Å². The van der Waals surface area contributed by atoms with Gasteiger partial charge in [-0.2, -0.15) is 0 Å². The molecule has 0 radical (unpaired) electrons. The van der Waals surface area contributed by atoms with Crippen molar-refractivity contribution in [2.75, 3.05) is 31.7 Å². The molecule has 1 rings (SSSR count). The van der Waals surface area contributed by atoms with E-state index in [4.69, 9.17) is 4.74 Å². The van der Waals surface area contributed by atoms with Gasteiger partial charge in [0.1, 0.15) is 5.69 Å². The molecule has 0 unspecified atom stereocenters. The summed E-state index contributed by atoms with van der Waals surface area (Å²) in [4.78, 5) is 12.4. The molecule has 94 valence electrons. The minimum atomic E-state index is -0.348. The maximum absolute atomic E-state index is 11.0. The van der Waals surface area contributed by atoms with Crippen molar-refractivity contribution in [1.29, 1.82) is 0 Å². The Labute approximate surface area is 101 Å². The highest BCUT2D eigenvalue weighted by Gasteiger charge is 2.16. The van der Waals surface area contributed by atoms with E-state index in [9.17, 15) is 10.1 Å². The van der Waals surface area contributed by atoms with Crippen LogP contribution in [0.3, 0.4) is 0 Å². The lowest BCUT2D eigenvalue weighted by atomic mass is 10.2. The summed E-state index contributed by atoms with van der Waals surface area (Å²) in [5, 5.41) is 11.0. The molecule has 1 aromatic rings. The summed E-state index contributed by atoms with van der Waals surface area (Å²) in [6.07, 6.45) is 0. The van der Waals surface area contributed by atoms with Gasteiger partial charge in [0.05, 0.1) is 11.5 Å². The van der Waals surface area contributed by atoms with Crippen LogP contribution in [0.4, 0.5) is 11.4 Å². The van der Waals surface area contributed by atoms with E-state index < -0.39 is 0 Å². The number of nitro groups is 1. The molecule has 0 fully saturated rings. The minimum absolute atomic E-state index is 0.143. The van der Waals surface area contributed by atoms with Gasteiger partial charge in [-0.3, -0.25) is 10.1 Å². The van der Waals surface area contributed by atoms with Gasteiger partial charge in [-0.25, -0.2) is 0 Å². The van der Waals surface area contributed by atoms with Gasteiger partial charge in [0, 0.05) is 26.3 Å². The molecular weight excluding hydrogens is 220 g/mol. The zero-order valence-electron chi connectivity index (χ0n) is 10.5. The van der Waals surface area contributed by atoms with Crippen LogP contribution in [-0.2, 0) is 4.74 Å². The highest BCUT2D eigenvalue weighted by molar-refractivity contribution is 5.63. The van der Waals surface area contributed by atoms with Crippen LogP contribution in [0.25, 0.3) is 0 Å². The van der Waals surface area contributed by atoms with Gasteiger partial charge in [-0.05, 0) is 25.5 Å². The normalized spacial score (nSPS) is 10.3. The summed E-state index contributed by atoms with van der Waals surface area (Å²) in [5.74, 6) is 0. The Morgan fingerprint density at radius 1 is 1.47 bits per heavy atom. The molecule has 0 saturated heterocycles. The fourth-order valence-electron chi connectivity index (χ4n) is 1.57. The van der Waals surface area contributed by atoms with Gasteiger partial charge in [0.15, 0.2) is 0 Å². The Balaban J connectivity index is 2.84. The minimum Gasteiger partial charge on any atom is -0.380 e. The van der Waals surface area contributed by atoms with Crippen LogP contribution in [0, 0.1) is 17.0 Å². The van der Waals surface area contributed by atoms with Crippen molar-refractivity contribution in [2.24, 2.45) is 0 Å². The number of nitro benzene ring substituents is 1. The van der Waals surface area contributed by atoms with Crippen LogP contribution in [0.5, 0.6) is 0 Å². The van der Waals surface area contributed by atoms with E-state index in [1.165, 1.54) is 0 Å². The molecule has 0 aliphatic rings. The second-order valence-electron chi connectivity index (χ2n) is 3.87. The van der Waals surface area contributed by atoms with Gasteiger partial charge in [0.25, 0.3) is 5.69 Å². The van der Waals surface area contributed by atoms with Crippen LogP contribution >= 0.6 is 0 Å². The number of likely N-dealkylation sites (N-methyl/N-ethyl adjacent to an activating group) is 1. The van der Waals surface area contributed by atoms with Crippen LogP contribution in [0.2, 0.25) is 0 Å². The number of nitrogens with zero attached hydrogens (tertiary/aromatic N) is 2. The molecule has 0 aliphatic heterocycles. The topological polar surface area (TPSA) is 55.6 Å². The van der Waals surface area contributed by atoms with Crippen LogP contribution in [0.15, 0.2) is 18.2 Å². The molecule has 5 heteroatoms. The summed E-state index contributed by atoms with van der Waals surface area (Å²) in [7, 11) is 1.83. The van der Waals surface area contributed by atoms with E-state index in [0.717, 1.165) is 5.56 Å². The van der Waals surface area contributed by atoms with Gasteiger partial charge >= 0.3 is 0 Å². The molecule has 0 aromatic heterocycles. The molecule has 0 atom stereocenters. The fraction of sp³-hybridized carbons (Fsp3) is 0.500. The van der Waals surface area contributed by atoms with Gasteiger partial charge in [0.2, 0.25) is 0 Å². The number of anilines is 1. The maximum atomic E-state index is 11.0. The monoisotopic (exact) mass is 238 g/mol. The molecule has 17 heavy (non-hydrogen) atoms. The van der Waals surface area contributed by atoms with Crippen LogP contribution in [-0.4, -0.2) is 31.7 Å². The summed E-state index contributed by atoms with van der Waals surface area (Å²) in [5.41, 5.74) is 1.66. The van der Waals surface area contributed by atoms with E-state index in [-0.39, 0.29) is 10.6 Å². The Morgan fingerprint density at radius 2 is 2.18 bits per heavy atom. The molecule has 0 N–H and O–H groups in total. The van der Waals surface area contributed by atoms with E-state index in [0.29, 0.717) is 25.4 Å². The van der Waals surface area contributed by atoms with E-state index in [2.05, 4.69) is 0 Å². The van der Waals surface area contributed by atoms with Crippen molar-refractivity contribution in [3.05, 3.63) is 33.9 Å². The summed E-state index contributed by atoms with van der Waals surface area (Å²) in [6.45, 7) is 5.63. The molecule has 0 spiro atoms. The molecule has 0 amide bonds. The first-order chi connectivity index (χ1) is 8.06. The fourth-order valence-corrected chi connectivity index (χ4v) is 1.57. The zero-order chi connectivity index (χ0) is 12.8. The zero-order valence-corrected chi connectivity index (χ0v) is 10.5. The predicted molar refractivity (Wildman–Crippen MR) is 67.6 cm³/mol. The number of rotatable bonds is 6. The Morgan fingerprint density at radius 3 is 2.76 bits per heavy atom. The molecule has 0 saturated carbocycles. The van der Waals surface area contributed by atoms with Crippen molar-refractivity contribution >= 4 is 11.4 Å². The molecule has 5 nitrogen and oxygen atoms in total. The van der Waals surface area contributed by atoms with Crippen molar-refractivity contribution < 1.29 is 9.66 Å². The largest absolute Gasteiger partial charge is 0.380 e. The van der Waals surface area contributed by atoms with Gasteiger partial charge in [-0.15, -0.1) is 0 Å². The lowest BCUT2D eigenvalue weighted by molar-refractivity contribution is -0.384. The SMILES string of the molecule is CCOCCN(C)c1ccc(C)cc1[N+](=O)[O-]. The second-order valence-corrected chi connectivity index (χ2v) is 3.87. The van der Waals surface area contributed by atoms with Crippen LogP contribution < -0.4 is 4.90 Å². The summed E-state index contributed by atoms with van der Waals surface area (Å²) < 4.78 is 5.24. The first kappa shape index (κ1) is 13.4. The maximum Gasteiger partial charge on any atom is 0.292 e. The first-order valence-electron chi connectivity index (χ1n) is 5.60. The molecular formula is C12H18N2O3. The summed E-state index contributed by atoms with van der Waals surface area (Å²) in [6, 6.07) is 5.24. The van der Waals surface area contributed by atoms with E-state index >= 15 is 0 Å². The second kappa shape index (κ2) is 6.20. The number of aryl methyl sites for hydroxylation is 1. The highest BCUT2D eigenvalue weighted by atomic mass is 16.6. The van der Waals surface area contributed by atoms with Crippen molar-refractivity contribution in [1.82, 2.24) is 0 Å². The third kappa shape index (κ3) is 3.71. The first-order valence-corrected chi connectivity index (χ1v) is 5.60. The lowest BCUT2D eigenvalue weighted by Gasteiger charge is -2.19. The third-order valence-corrected chi connectivity index (χ3v) is 2.51.